The second-order valence-corrected chi connectivity index (χ2v) is 5.88. The smallest absolute Gasteiger partial charge is 0.128 e. The van der Waals surface area contributed by atoms with Crippen LogP contribution in [0, 0.1) is 5.82 Å². The van der Waals surface area contributed by atoms with Gasteiger partial charge in [-0.1, -0.05) is 52.3 Å². The van der Waals surface area contributed by atoms with Crippen molar-refractivity contribution in [1.82, 2.24) is 5.32 Å². The zero-order valence-corrected chi connectivity index (χ0v) is 13.3. The summed E-state index contributed by atoms with van der Waals surface area (Å²) < 4.78 is 14.5. The Bertz CT molecular complexity index is 547. The van der Waals surface area contributed by atoms with Gasteiger partial charge in [0.2, 0.25) is 0 Å². The second kappa shape index (κ2) is 7.77. The van der Waals surface area contributed by atoms with Crippen LogP contribution in [0.2, 0.25) is 0 Å². The Morgan fingerprint density at radius 2 is 1.90 bits per heavy atom. The van der Waals surface area contributed by atoms with E-state index in [1.165, 1.54) is 11.6 Å². The number of hydrogen-bond donors (Lipinski definition) is 1. The largest absolute Gasteiger partial charge is 0.308 e. The minimum Gasteiger partial charge on any atom is -0.308 e. The highest BCUT2D eigenvalue weighted by Crippen LogP contribution is 2.15. The van der Waals surface area contributed by atoms with Crippen LogP contribution < -0.4 is 5.32 Å². The summed E-state index contributed by atoms with van der Waals surface area (Å²) in [5.74, 6) is 0.285. The van der Waals surface area contributed by atoms with Gasteiger partial charge in [0.25, 0.3) is 0 Å². The highest BCUT2D eigenvalue weighted by molar-refractivity contribution is 9.10. The van der Waals surface area contributed by atoms with Crippen LogP contribution in [-0.4, -0.2) is 11.9 Å². The molecule has 2 aromatic rings. The average Bonchev–Trinajstić information content (AvgIpc) is 2.46. The normalized spacial score (nSPS) is 12.3. The molecule has 0 spiro atoms. The first-order valence-electron chi connectivity index (χ1n) is 6.46. The predicted molar refractivity (Wildman–Crippen MR) is 85.6 cm³/mol. The highest BCUT2D eigenvalue weighted by atomic mass is 79.9. The van der Waals surface area contributed by atoms with Gasteiger partial charge in [0, 0.05) is 28.5 Å². The van der Waals surface area contributed by atoms with E-state index in [2.05, 4.69) is 33.4 Å². The standard InChI is InChI=1S/C16H16BrClFN/c17-14-7-6-13(16(19)9-14)11-20-15(10-18)8-12-4-2-1-3-5-12/h1-7,9,15,20H,8,10-11H2. The van der Waals surface area contributed by atoms with Crippen LogP contribution in [-0.2, 0) is 13.0 Å². The zero-order chi connectivity index (χ0) is 14.4. The Morgan fingerprint density at radius 3 is 2.55 bits per heavy atom. The molecule has 0 aliphatic carbocycles. The molecule has 1 nitrogen and oxygen atoms in total. The first-order valence-corrected chi connectivity index (χ1v) is 7.79. The third kappa shape index (κ3) is 4.58. The van der Waals surface area contributed by atoms with Crippen molar-refractivity contribution in [2.45, 2.75) is 19.0 Å². The lowest BCUT2D eigenvalue weighted by atomic mass is 10.1. The Balaban J connectivity index is 1.93. The second-order valence-electron chi connectivity index (χ2n) is 4.66. The van der Waals surface area contributed by atoms with Crippen molar-refractivity contribution < 1.29 is 4.39 Å². The molecule has 2 rings (SSSR count). The van der Waals surface area contributed by atoms with Gasteiger partial charge in [-0.15, -0.1) is 11.6 Å². The summed E-state index contributed by atoms with van der Waals surface area (Å²) in [7, 11) is 0. The van der Waals surface area contributed by atoms with Crippen molar-refractivity contribution in [3.63, 3.8) is 0 Å². The van der Waals surface area contributed by atoms with Crippen LogP contribution in [0.5, 0.6) is 0 Å². The van der Waals surface area contributed by atoms with E-state index in [9.17, 15) is 4.39 Å². The van der Waals surface area contributed by atoms with E-state index in [1.807, 2.05) is 24.3 Å². The van der Waals surface area contributed by atoms with Gasteiger partial charge in [0.1, 0.15) is 5.82 Å². The Kier molecular flexibility index (Phi) is 6.02. The third-order valence-corrected chi connectivity index (χ3v) is 3.97. The highest BCUT2D eigenvalue weighted by Gasteiger charge is 2.09. The van der Waals surface area contributed by atoms with Crippen molar-refractivity contribution in [2.24, 2.45) is 0 Å². The summed E-state index contributed by atoms with van der Waals surface area (Å²) in [5.41, 5.74) is 1.87. The first-order chi connectivity index (χ1) is 9.69. The molecule has 2 aromatic carbocycles. The molecule has 0 heterocycles. The number of rotatable bonds is 6. The van der Waals surface area contributed by atoms with E-state index in [0.29, 0.717) is 18.0 Å². The number of hydrogen-bond acceptors (Lipinski definition) is 1. The van der Waals surface area contributed by atoms with Crippen LogP contribution in [0.4, 0.5) is 4.39 Å². The SMILES string of the molecule is Fc1cc(Br)ccc1CNC(CCl)Cc1ccccc1. The first kappa shape index (κ1) is 15.5. The lowest BCUT2D eigenvalue weighted by molar-refractivity contribution is 0.528. The molecule has 4 heteroatoms. The van der Waals surface area contributed by atoms with E-state index >= 15 is 0 Å². The lowest BCUT2D eigenvalue weighted by Crippen LogP contribution is -2.32. The van der Waals surface area contributed by atoms with Crippen LogP contribution in [0.3, 0.4) is 0 Å². The molecule has 1 atom stereocenters. The van der Waals surface area contributed by atoms with Gasteiger partial charge in [-0.05, 0) is 24.1 Å². The van der Waals surface area contributed by atoms with Gasteiger partial charge in [0.05, 0.1) is 0 Å². The summed E-state index contributed by atoms with van der Waals surface area (Å²) in [6.45, 7) is 0.476. The molecule has 0 aliphatic rings. The number of nitrogens with one attached hydrogen (secondary N) is 1. The molecule has 20 heavy (non-hydrogen) atoms. The molecular formula is C16H16BrClFN. The van der Waals surface area contributed by atoms with Crippen LogP contribution in [0.15, 0.2) is 53.0 Å². The van der Waals surface area contributed by atoms with Gasteiger partial charge in [-0.2, -0.15) is 0 Å². The van der Waals surface area contributed by atoms with Gasteiger partial charge < -0.3 is 5.32 Å². The van der Waals surface area contributed by atoms with Crippen molar-refractivity contribution in [3.8, 4) is 0 Å². The maximum absolute atomic E-state index is 13.7. The van der Waals surface area contributed by atoms with Gasteiger partial charge in [-0.3, -0.25) is 0 Å². The molecule has 1 N–H and O–H groups in total. The maximum Gasteiger partial charge on any atom is 0.128 e. The monoisotopic (exact) mass is 355 g/mol. The Morgan fingerprint density at radius 1 is 1.15 bits per heavy atom. The van der Waals surface area contributed by atoms with E-state index in [0.717, 1.165) is 10.9 Å². The zero-order valence-electron chi connectivity index (χ0n) is 11.0. The van der Waals surface area contributed by atoms with Crippen molar-refractivity contribution in [2.75, 3.05) is 5.88 Å². The summed E-state index contributed by atoms with van der Waals surface area (Å²) in [6.07, 6.45) is 0.836. The van der Waals surface area contributed by atoms with Crippen LogP contribution in [0.25, 0.3) is 0 Å². The average molecular weight is 357 g/mol. The lowest BCUT2D eigenvalue weighted by Gasteiger charge is -2.16. The molecule has 0 saturated carbocycles. The van der Waals surface area contributed by atoms with E-state index < -0.39 is 0 Å². The fourth-order valence-electron chi connectivity index (χ4n) is 2.00. The molecule has 0 saturated heterocycles. The molecule has 106 valence electrons. The fraction of sp³-hybridized carbons (Fsp3) is 0.250. The maximum atomic E-state index is 13.7. The third-order valence-electron chi connectivity index (χ3n) is 3.11. The number of halogens is 3. The summed E-state index contributed by atoms with van der Waals surface area (Å²) in [6, 6.07) is 15.4. The van der Waals surface area contributed by atoms with Gasteiger partial charge >= 0.3 is 0 Å². The minimum absolute atomic E-state index is 0.127. The van der Waals surface area contributed by atoms with E-state index in [-0.39, 0.29) is 11.9 Å². The Labute approximate surface area is 132 Å². The van der Waals surface area contributed by atoms with Gasteiger partial charge in [0.15, 0.2) is 0 Å². The van der Waals surface area contributed by atoms with Crippen molar-refractivity contribution >= 4 is 27.5 Å². The molecular weight excluding hydrogens is 341 g/mol. The van der Waals surface area contributed by atoms with Crippen LogP contribution >= 0.6 is 27.5 Å². The van der Waals surface area contributed by atoms with Gasteiger partial charge in [-0.25, -0.2) is 4.39 Å². The molecule has 0 aromatic heterocycles. The predicted octanol–water partition coefficient (Wildman–Crippen LogP) is 4.53. The molecule has 0 fully saturated rings. The quantitative estimate of drug-likeness (QED) is 0.750. The molecule has 0 amide bonds. The molecule has 0 bridgehead atoms. The minimum atomic E-state index is -0.208. The summed E-state index contributed by atoms with van der Waals surface area (Å²) in [4.78, 5) is 0. The molecule has 1 unspecified atom stereocenters. The summed E-state index contributed by atoms with van der Waals surface area (Å²) >= 11 is 9.24. The van der Waals surface area contributed by atoms with E-state index in [1.54, 1.807) is 6.07 Å². The number of alkyl halides is 1. The van der Waals surface area contributed by atoms with E-state index in [4.69, 9.17) is 11.6 Å². The topological polar surface area (TPSA) is 12.0 Å². The summed E-state index contributed by atoms with van der Waals surface area (Å²) in [5, 5.41) is 3.31. The van der Waals surface area contributed by atoms with Crippen molar-refractivity contribution in [3.05, 3.63) is 69.9 Å². The molecule has 0 radical (unpaired) electrons. The number of benzene rings is 2. The Hall–Kier alpha value is -0.900. The van der Waals surface area contributed by atoms with Crippen LogP contribution in [0.1, 0.15) is 11.1 Å². The van der Waals surface area contributed by atoms with Crippen molar-refractivity contribution in [1.29, 1.82) is 0 Å². The molecule has 0 aliphatic heterocycles. The fourth-order valence-corrected chi connectivity index (χ4v) is 2.55.